The summed E-state index contributed by atoms with van der Waals surface area (Å²) < 4.78 is 27.6. The first kappa shape index (κ1) is 27.6. The van der Waals surface area contributed by atoms with Crippen LogP contribution in [0, 0.1) is 22.6 Å². The number of hydrogen-bond acceptors (Lipinski definition) is 5. The van der Waals surface area contributed by atoms with Gasteiger partial charge in [0, 0.05) is 53.9 Å². The molecule has 8 heteroatoms. The van der Waals surface area contributed by atoms with Crippen molar-refractivity contribution in [2.24, 2.45) is 5.41 Å². The fraction of sp³-hybridized carbons (Fsp3) is 0.353. The van der Waals surface area contributed by atoms with Gasteiger partial charge in [-0.1, -0.05) is 0 Å². The number of rotatable bonds is 4. The van der Waals surface area contributed by atoms with Crippen LogP contribution >= 0.6 is 0 Å². The molecule has 1 aromatic heterocycles. The molecule has 0 bridgehead atoms. The number of benzene rings is 3. The molecule has 2 aliphatic rings. The highest BCUT2D eigenvalue weighted by Gasteiger charge is 2.47. The second-order valence-corrected chi connectivity index (χ2v) is 12.4. The van der Waals surface area contributed by atoms with E-state index in [4.69, 9.17) is 9.47 Å². The molecule has 0 aliphatic carbocycles. The molecule has 2 saturated heterocycles. The number of aromatic nitrogens is 1. The molecule has 0 atom stereocenters. The van der Waals surface area contributed by atoms with Crippen LogP contribution in [-0.4, -0.2) is 54.5 Å². The van der Waals surface area contributed by atoms with Gasteiger partial charge in [0.05, 0.1) is 30.0 Å². The number of anilines is 1. The molecule has 7 nitrogen and oxygen atoms in total. The molecule has 0 unspecified atom stereocenters. The quantitative estimate of drug-likeness (QED) is 0.262. The molecule has 42 heavy (non-hydrogen) atoms. The number of carbonyl (C=O) groups excluding carboxylic acids is 1. The molecule has 216 valence electrons. The first-order valence-corrected chi connectivity index (χ1v) is 14.3. The molecule has 3 aromatic carbocycles. The van der Waals surface area contributed by atoms with Crippen LogP contribution in [-0.2, 0) is 4.74 Å². The maximum absolute atomic E-state index is 14.8. The molecule has 3 heterocycles. The van der Waals surface area contributed by atoms with Crippen molar-refractivity contribution >= 4 is 22.7 Å². The monoisotopic (exact) mass is 566 g/mol. The van der Waals surface area contributed by atoms with Crippen molar-refractivity contribution in [3.63, 3.8) is 0 Å². The van der Waals surface area contributed by atoms with Crippen LogP contribution in [0.4, 0.5) is 14.9 Å². The van der Waals surface area contributed by atoms with Gasteiger partial charge in [0.2, 0.25) is 0 Å². The van der Waals surface area contributed by atoms with Crippen molar-refractivity contribution in [2.75, 3.05) is 38.2 Å². The number of nitriles is 1. The average Bonchev–Trinajstić information content (AvgIpc) is 3.34. The summed E-state index contributed by atoms with van der Waals surface area (Å²) in [6.45, 7) is 9.03. The summed E-state index contributed by atoms with van der Waals surface area (Å²) in [6.07, 6.45) is 1.82. The van der Waals surface area contributed by atoms with Crippen LogP contribution in [0.5, 0.6) is 5.75 Å². The smallest absolute Gasteiger partial charge is 0.410 e. The van der Waals surface area contributed by atoms with Gasteiger partial charge in [-0.2, -0.15) is 5.26 Å². The second-order valence-electron chi connectivity index (χ2n) is 12.4. The zero-order chi connectivity index (χ0) is 29.6. The summed E-state index contributed by atoms with van der Waals surface area (Å²) in [5.74, 6) is -0.221. The van der Waals surface area contributed by atoms with E-state index in [0.29, 0.717) is 5.56 Å². The van der Waals surface area contributed by atoms with E-state index in [0.717, 1.165) is 72.6 Å². The lowest BCUT2D eigenvalue weighted by Crippen LogP contribution is -2.62. The second kappa shape index (κ2) is 10.4. The van der Waals surface area contributed by atoms with Gasteiger partial charge in [-0.15, -0.1) is 0 Å². The minimum Gasteiger partial charge on any atom is -0.494 e. The number of likely N-dealkylation sites (tertiary alicyclic amines) is 1. The minimum absolute atomic E-state index is 0.169. The number of nitrogens with zero attached hydrogens (tertiary/aromatic N) is 4. The van der Waals surface area contributed by atoms with E-state index in [1.807, 2.05) is 43.9 Å². The van der Waals surface area contributed by atoms with Gasteiger partial charge < -0.3 is 23.8 Å². The van der Waals surface area contributed by atoms with Crippen LogP contribution in [0.15, 0.2) is 66.7 Å². The molecule has 2 aliphatic heterocycles. The molecule has 0 saturated carbocycles. The predicted octanol–water partition coefficient (Wildman–Crippen LogP) is 7.15. The Morgan fingerprint density at radius 2 is 1.64 bits per heavy atom. The third-order valence-corrected chi connectivity index (χ3v) is 8.38. The van der Waals surface area contributed by atoms with Crippen LogP contribution < -0.4 is 9.64 Å². The lowest BCUT2D eigenvalue weighted by molar-refractivity contribution is -0.0434. The van der Waals surface area contributed by atoms with Gasteiger partial charge in [-0.25, -0.2) is 9.18 Å². The third-order valence-electron chi connectivity index (χ3n) is 8.38. The zero-order valence-corrected chi connectivity index (χ0v) is 24.5. The lowest BCUT2D eigenvalue weighted by atomic mass is 9.72. The fourth-order valence-electron chi connectivity index (χ4n) is 6.18. The summed E-state index contributed by atoms with van der Waals surface area (Å²) in [5, 5.41) is 10.3. The Hall–Kier alpha value is -4.51. The number of fused-ring (bicyclic) bond motifs is 1. The normalized spacial score (nSPS) is 16.3. The number of amides is 1. The first-order chi connectivity index (χ1) is 20.1. The number of methoxy groups -OCH3 is 1. The van der Waals surface area contributed by atoms with Gasteiger partial charge in [-0.3, -0.25) is 0 Å². The van der Waals surface area contributed by atoms with E-state index in [-0.39, 0.29) is 17.3 Å². The van der Waals surface area contributed by atoms with Gasteiger partial charge in [0.15, 0.2) is 11.6 Å². The van der Waals surface area contributed by atoms with Gasteiger partial charge >= 0.3 is 6.09 Å². The standard InChI is InChI=1S/C34H35FN4O3/c1-33(2,3)42-32(40)38-21-34(22-38)13-15-37(16-14-34)27-10-11-29-25(17-27)19-30(24-7-12-31(41-4)28(35)18-24)39(29)26-8-5-23(20-36)6-9-26/h5-12,17-19H,13-16,21-22H2,1-4H3. The Balaban J connectivity index is 1.27. The zero-order valence-electron chi connectivity index (χ0n) is 24.5. The molecule has 2 fully saturated rings. The van der Waals surface area contributed by atoms with Gasteiger partial charge in [-0.05, 0) is 100 Å². The topological polar surface area (TPSA) is 70.7 Å². The summed E-state index contributed by atoms with van der Waals surface area (Å²) in [7, 11) is 1.46. The molecule has 0 N–H and O–H groups in total. The predicted molar refractivity (Wildman–Crippen MR) is 162 cm³/mol. The SMILES string of the molecule is COc1ccc(-c2cc3cc(N4CCC5(CC4)CN(C(=O)OC(C)(C)C)C5)ccc3n2-c2ccc(C#N)cc2)cc1F. The van der Waals surface area contributed by atoms with Gasteiger partial charge in [0.25, 0.3) is 0 Å². The molecule has 4 aromatic rings. The van der Waals surface area contributed by atoms with Crippen molar-refractivity contribution in [2.45, 2.75) is 39.2 Å². The molecule has 0 radical (unpaired) electrons. The largest absolute Gasteiger partial charge is 0.494 e. The highest BCUT2D eigenvalue weighted by atomic mass is 19.1. The van der Waals surface area contributed by atoms with E-state index in [1.54, 1.807) is 18.2 Å². The van der Waals surface area contributed by atoms with Crippen molar-refractivity contribution in [3.8, 4) is 28.8 Å². The summed E-state index contributed by atoms with van der Waals surface area (Å²) >= 11 is 0. The van der Waals surface area contributed by atoms with Crippen molar-refractivity contribution in [1.82, 2.24) is 9.47 Å². The number of halogens is 1. The molecular weight excluding hydrogens is 531 g/mol. The van der Waals surface area contributed by atoms with E-state index in [2.05, 4.69) is 39.8 Å². The Kier molecular flexibility index (Phi) is 6.84. The van der Waals surface area contributed by atoms with Crippen molar-refractivity contribution in [3.05, 3.63) is 78.1 Å². The fourth-order valence-corrected chi connectivity index (χ4v) is 6.18. The highest BCUT2D eigenvalue weighted by molar-refractivity contribution is 5.91. The summed E-state index contributed by atoms with van der Waals surface area (Å²) in [6, 6.07) is 23.1. The minimum atomic E-state index is -0.484. The number of carbonyl (C=O) groups is 1. The number of piperidine rings is 1. The van der Waals surface area contributed by atoms with Crippen LogP contribution in [0.2, 0.25) is 0 Å². The van der Waals surface area contributed by atoms with Gasteiger partial charge in [0.1, 0.15) is 5.60 Å². The van der Waals surface area contributed by atoms with Crippen LogP contribution in [0.3, 0.4) is 0 Å². The van der Waals surface area contributed by atoms with Crippen molar-refractivity contribution in [1.29, 1.82) is 5.26 Å². The van der Waals surface area contributed by atoms with E-state index in [1.165, 1.54) is 13.2 Å². The van der Waals surface area contributed by atoms with E-state index in [9.17, 15) is 14.4 Å². The lowest BCUT2D eigenvalue weighted by Gasteiger charge is -2.54. The molecular formula is C34H35FN4O3. The van der Waals surface area contributed by atoms with Crippen LogP contribution in [0.25, 0.3) is 27.8 Å². The Labute approximate surface area is 245 Å². The van der Waals surface area contributed by atoms with E-state index >= 15 is 0 Å². The maximum atomic E-state index is 14.8. The summed E-state index contributed by atoms with van der Waals surface area (Å²) in [5.41, 5.74) is 4.88. The number of ether oxygens (including phenoxy) is 2. The third kappa shape index (κ3) is 5.16. The van der Waals surface area contributed by atoms with Crippen molar-refractivity contribution < 1.29 is 18.7 Å². The average molecular weight is 567 g/mol. The van der Waals surface area contributed by atoms with E-state index < -0.39 is 11.4 Å². The highest BCUT2D eigenvalue weighted by Crippen LogP contribution is 2.43. The summed E-state index contributed by atoms with van der Waals surface area (Å²) in [4.78, 5) is 16.7. The molecule has 1 amide bonds. The molecule has 1 spiro atoms. The number of hydrogen-bond donors (Lipinski definition) is 0. The molecule has 6 rings (SSSR count). The Morgan fingerprint density at radius 3 is 2.26 bits per heavy atom. The maximum Gasteiger partial charge on any atom is 0.410 e. The Morgan fingerprint density at radius 1 is 0.952 bits per heavy atom. The Bertz CT molecular complexity index is 1680. The first-order valence-electron chi connectivity index (χ1n) is 14.3. The van der Waals surface area contributed by atoms with Crippen LogP contribution in [0.1, 0.15) is 39.2 Å².